The Morgan fingerprint density at radius 2 is 2.10 bits per heavy atom. The van der Waals surface area contributed by atoms with Crippen molar-refractivity contribution in [1.29, 1.82) is 0 Å². The van der Waals surface area contributed by atoms with Gasteiger partial charge in [-0.1, -0.05) is 6.07 Å². The molecule has 1 aliphatic heterocycles. The van der Waals surface area contributed by atoms with Crippen LogP contribution < -0.4 is 5.32 Å². The molecule has 1 unspecified atom stereocenters. The number of nitrogens with one attached hydrogen (secondary N) is 1. The van der Waals surface area contributed by atoms with Gasteiger partial charge in [0.2, 0.25) is 0 Å². The van der Waals surface area contributed by atoms with Crippen LogP contribution in [0.15, 0.2) is 51.4 Å². The minimum atomic E-state index is -2.38. The maximum atomic E-state index is 12.2. The molecule has 6 heteroatoms. The second kappa shape index (κ2) is 5.13. The van der Waals surface area contributed by atoms with E-state index in [4.69, 9.17) is 0 Å². The van der Waals surface area contributed by atoms with E-state index in [-0.39, 0.29) is 5.91 Å². The highest BCUT2D eigenvalue weighted by Gasteiger charge is 2.16. The first-order valence-electron chi connectivity index (χ1n) is 6.08. The second-order valence-electron chi connectivity index (χ2n) is 4.60. The van der Waals surface area contributed by atoms with E-state index in [1.165, 1.54) is 0 Å². The van der Waals surface area contributed by atoms with Gasteiger partial charge in [-0.25, -0.2) is 4.98 Å². The number of anilines is 1. The minimum absolute atomic E-state index is 0.250. The minimum Gasteiger partial charge on any atom is -0.322 e. The normalized spacial score (nSPS) is 19.3. The number of carbonyl (C=O) groups is 1. The Morgan fingerprint density at radius 1 is 1.29 bits per heavy atom. The second-order valence-corrected chi connectivity index (χ2v) is 7.58. The summed E-state index contributed by atoms with van der Waals surface area (Å²) in [7, 11) is -2.38. The molecule has 0 saturated heterocycles. The van der Waals surface area contributed by atoms with E-state index in [9.17, 15) is 9.00 Å². The van der Waals surface area contributed by atoms with E-state index in [0.29, 0.717) is 20.7 Å². The number of pyridine rings is 1. The maximum Gasteiger partial charge on any atom is 0.255 e. The van der Waals surface area contributed by atoms with E-state index < -0.39 is 9.52 Å². The predicted molar refractivity (Wildman–Crippen MR) is 88.9 cm³/mol. The van der Waals surface area contributed by atoms with Gasteiger partial charge in [0.1, 0.15) is 4.60 Å². The molecule has 1 atom stereocenters. The summed E-state index contributed by atoms with van der Waals surface area (Å²) >= 11 is 3.23. The molecule has 2 aromatic rings. The molecular weight excluding hydrogens is 352 g/mol. The van der Waals surface area contributed by atoms with Crippen molar-refractivity contribution in [2.45, 2.75) is 4.90 Å². The molecule has 0 aliphatic carbocycles. The molecule has 4 nitrogen and oxygen atoms in total. The molecule has 1 aromatic heterocycles. The summed E-state index contributed by atoms with van der Waals surface area (Å²) in [6.45, 7) is 0. The van der Waals surface area contributed by atoms with Crippen LogP contribution in [-0.4, -0.2) is 21.0 Å². The standard InChI is InChI=1S/C15H11BrN2O2S/c1-21(20)7-5-10-2-3-12(9-13(10)21)18-15(19)11-4-6-17-14(16)8-11/h2-9H,1H2,(H,18,19). The van der Waals surface area contributed by atoms with E-state index in [1.54, 1.807) is 41.9 Å². The van der Waals surface area contributed by atoms with Crippen LogP contribution in [0.25, 0.3) is 6.08 Å². The molecule has 0 spiro atoms. The van der Waals surface area contributed by atoms with Crippen LogP contribution in [0.5, 0.6) is 0 Å². The molecule has 106 valence electrons. The molecule has 1 aliphatic rings. The number of fused-ring (bicyclic) bond motifs is 1. The van der Waals surface area contributed by atoms with Gasteiger partial charge in [-0.15, -0.1) is 0 Å². The van der Waals surface area contributed by atoms with E-state index in [0.717, 1.165) is 5.56 Å². The van der Waals surface area contributed by atoms with Crippen LogP contribution >= 0.6 is 15.9 Å². The lowest BCUT2D eigenvalue weighted by molar-refractivity contribution is 0.102. The number of amides is 1. The average molecular weight is 363 g/mol. The zero-order valence-corrected chi connectivity index (χ0v) is 13.3. The smallest absolute Gasteiger partial charge is 0.255 e. The van der Waals surface area contributed by atoms with Crippen molar-refractivity contribution in [1.82, 2.24) is 4.98 Å². The van der Waals surface area contributed by atoms with Gasteiger partial charge in [-0.3, -0.25) is 9.00 Å². The molecule has 1 amide bonds. The van der Waals surface area contributed by atoms with Crippen LogP contribution in [0, 0.1) is 0 Å². The fraction of sp³-hybridized carbons (Fsp3) is 0. The number of aromatic nitrogens is 1. The summed E-state index contributed by atoms with van der Waals surface area (Å²) in [5.41, 5.74) is 1.96. The van der Waals surface area contributed by atoms with Crippen LogP contribution in [0.1, 0.15) is 15.9 Å². The predicted octanol–water partition coefficient (Wildman–Crippen LogP) is 3.16. The number of rotatable bonds is 2. The first-order chi connectivity index (χ1) is 9.95. The summed E-state index contributed by atoms with van der Waals surface area (Å²) in [5, 5.41) is 4.38. The lowest BCUT2D eigenvalue weighted by atomic mass is 10.2. The number of hydrogen-bond acceptors (Lipinski definition) is 3. The molecule has 0 fully saturated rings. The molecule has 0 bridgehead atoms. The Morgan fingerprint density at radius 3 is 2.86 bits per heavy atom. The Kier molecular flexibility index (Phi) is 3.43. The van der Waals surface area contributed by atoms with Gasteiger partial charge in [-0.05, 0) is 63.1 Å². The Hall–Kier alpha value is -1.92. The van der Waals surface area contributed by atoms with Crippen LogP contribution in [0.2, 0.25) is 0 Å². The highest BCUT2D eigenvalue weighted by molar-refractivity contribution is 9.10. The van der Waals surface area contributed by atoms with Gasteiger partial charge in [0, 0.05) is 31.9 Å². The zero-order valence-electron chi connectivity index (χ0n) is 10.9. The van der Waals surface area contributed by atoms with Crippen molar-refractivity contribution in [3.63, 3.8) is 0 Å². The van der Waals surface area contributed by atoms with E-state index in [1.807, 2.05) is 6.07 Å². The first-order valence-corrected chi connectivity index (χ1v) is 8.66. The molecule has 1 N–H and O–H groups in total. The highest BCUT2D eigenvalue weighted by atomic mass is 79.9. The largest absolute Gasteiger partial charge is 0.322 e. The summed E-state index contributed by atoms with van der Waals surface area (Å²) in [6.07, 6.45) is 3.34. The average Bonchev–Trinajstić information content (AvgIpc) is 2.74. The van der Waals surface area contributed by atoms with Crippen LogP contribution in [-0.2, 0) is 9.52 Å². The van der Waals surface area contributed by atoms with Crippen LogP contribution in [0.4, 0.5) is 5.69 Å². The monoisotopic (exact) mass is 362 g/mol. The van der Waals surface area contributed by atoms with Gasteiger partial charge in [0.05, 0.1) is 0 Å². The van der Waals surface area contributed by atoms with Crippen molar-refractivity contribution in [2.75, 3.05) is 5.32 Å². The fourth-order valence-electron chi connectivity index (χ4n) is 2.05. The Labute approximate surface area is 131 Å². The number of halogens is 1. The molecule has 1 aromatic carbocycles. The topological polar surface area (TPSA) is 59.1 Å². The van der Waals surface area contributed by atoms with Crippen molar-refractivity contribution >= 4 is 49.0 Å². The Bertz CT molecular complexity index is 873. The van der Waals surface area contributed by atoms with Crippen molar-refractivity contribution in [2.24, 2.45) is 0 Å². The number of benzene rings is 1. The quantitative estimate of drug-likeness (QED) is 0.659. The van der Waals surface area contributed by atoms with Gasteiger partial charge < -0.3 is 5.32 Å². The lowest BCUT2D eigenvalue weighted by Crippen LogP contribution is -2.12. The third-order valence-electron chi connectivity index (χ3n) is 3.10. The molecular formula is C15H11BrN2O2S. The van der Waals surface area contributed by atoms with Crippen molar-refractivity contribution in [3.05, 3.63) is 57.7 Å². The molecule has 3 rings (SSSR count). The fourth-order valence-corrected chi connectivity index (χ4v) is 3.79. The third kappa shape index (κ3) is 2.77. The lowest BCUT2D eigenvalue weighted by Gasteiger charge is -2.08. The van der Waals surface area contributed by atoms with Crippen molar-refractivity contribution < 1.29 is 9.00 Å². The highest BCUT2D eigenvalue weighted by Crippen LogP contribution is 2.29. The van der Waals surface area contributed by atoms with Crippen molar-refractivity contribution in [3.8, 4) is 0 Å². The number of nitrogens with zero attached hydrogens (tertiary/aromatic N) is 1. The number of hydrogen-bond donors (Lipinski definition) is 1. The maximum absolute atomic E-state index is 12.2. The SMILES string of the molecule is C=S1(=O)C=Cc2ccc(NC(=O)c3ccnc(Br)c3)cc21. The summed E-state index contributed by atoms with van der Waals surface area (Å²) < 4.78 is 12.8. The van der Waals surface area contributed by atoms with Gasteiger partial charge in [0.15, 0.2) is 0 Å². The van der Waals surface area contributed by atoms with E-state index in [2.05, 4.69) is 32.1 Å². The molecule has 0 radical (unpaired) electrons. The third-order valence-corrected chi connectivity index (χ3v) is 5.21. The van der Waals surface area contributed by atoms with Gasteiger partial charge in [0.25, 0.3) is 5.91 Å². The molecule has 21 heavy (non-hydrogen) atoms. The van der Waals surface area contributed by atoms with Gasteiger partial charge >= 0.3 is 0 Å². The van der Waals surface area contributed by atoms with Crippen LogP contribution in [0.3, 0.4) is 0 Å². The summed E-state index contributed by atoms with van der Waals surface area (Å²) in [5.74, 6) is 3.46. The molecule has 0 saturated carbocycles. The number of carbonyl (C=O) groups excluding carboxylic acids is 1. The molecule has 2 heterocycles. The first kappa shape index (κ1) is 14.0. The Balaban J connectivity index is 1.89. The van der Waals surface area contributed by atoms with E-state index >= 15 is 0 Å². The zero-order chi connectivity index (χ0) is 15.0. The van der Waals surface area contributed by atoms with Gasteiger partial charge in [-0.2, -0.15) is 0 Å². The summed E-state index contributed by atoms with van der Waals surface area (Å²) in [4.78, 5) is 16.8. The summed E-state index contributed by atoms with van der Waals surface area (Å²) in [6, 6.07) is 8.56.